The molecule has 2 aromatic carbocycles. The third-order valence-electron chi connectivity index (χ3n) is 6.22. The Kier molecular flexibility index (Phi) is 6.41. The van der Waals surface area contributed by atoms with Crippen LogP contribution in [0.2, 0.25) is 0 Å². The van der Waals surface area contributed by atoms with Crippen molar-refractivity contribution in [1.82, 2.24) is 4.98 Å². The van der Waals surface area contributed by atoms with Crippen molar-refractivity contribution in [1.29, 1.82) is 0 Å². The van der Waals surface area contributed by atoms with Crippen LogP contribution in [0.5, 0.6) is 11.5 Å². The number of nitrogens with zero attached hydrogens (tertiary/aromatic N) is 1. The summed E-state index contributed by atoms with van der Waals surface area (Å²) in [6, 6.07) is 16.3. The summed E-state index contributed by atoms with van der Waals surface area (Å²) in [6.07, 6.45) is 4.37. The molecule has 0 saturated carbocycles. The zero-order valence-electron chi connectivity index (χ0n) is 18.2. The summed E-state index contributed by atoms with van der Waals surface area (Å²) in [7, 11) is 0. The van der Waals surface area contributed by atoms with Crippen molar-refractivity contribution in [2.24, 2.45) is 5.92 Å². The average Bonchev–Trinajstić information content (AvgIpc) is 3.35. The second kappa shape index (κ2) is 9.38. The molecule has 0 amide bonds. The fraction of sp³-hybridized carbons (Fsp3) is 0.423. The van der Waals surface area contributed by atoms with Crippen molar-refractivity contribution in [3.8, 4) is 11.5 Å². The van der Waals surface area contributed by atoms with Crippen LogP contribution in [-0.4, -0.2) is 11.6 Å². The number of benzene rings is 2. The highest BCUT2D eigenvalue weighted by atomic mass is 16.5. The summed E-state index contributed by atoms with van der Waals surface area (Å²) < 4.78 is 17.5. The molecule has 2 unspecified atom stereocenters. The first kappa shape index (κ1) is 20.5. The zero-order valence-corrected chi connectivity index (χ0v) is 18.2. The van der Waals surface area contributed by atoms with Gasteiger partial charge in [-0.3, -0.25) is 0 Å². The van der Waals surface area contributed by atoms with Gasteiger partial charge in [0.1, 0.15) is 17.3 Å². The molecule has 0 saturated heterocycles. The molecule has 3 aromatic rings. The van der Waals surface area contributed by atoms with Gasteiger partial charge >= 0.3 is 0 Å². The molecule has 0 spiro atoms. The van der Waals surface area contributed by atoms with Gasteiger partial charge in [0.2, 0.25) is 5.89 Å². The Balaban J connectivity index is 1.30. The first-order valence-electron chi connectivity index (χ1n) is 11.0. The Morgan fingerprint density at radius 2 is 1.93 bits per heavy atom. The predicted molar refractivity (Wildman–Crippen MR) is 118 cm³/mol. The summed E-state index contributed by atoms with van der Waals surface area (Å²) in [5.74, 6) is 4.63. The molecule has 0 bridgehead atoms. The molecule has 1 aliphatic rings. The molecule has 4 rings (SSSR count). The van der Waals surface area contributed by atoms with E-state index < -0.39 is 0 Å². The maximum Gasteiger partial charge on any atom is 0.232 e. The van der Waals surface area contributed by atoms with E-state index in [0.717, 1.165) is 35.3 Å². The Morgan fingerprint density at radius 1 is 1.10 bits per heavy atom. The number of aryl methyl sites for hydroxylation is 2. The van der Waals surface area contributed by atoms with E-state index in [-0.39, 0.29) is 0 Å². The highest BCUT2D eigenvalue weighted by molar-refractivity contribution is 5.41. The summed E-state index contributed by atoms with van der Waals surface area (Å²) >= 11 is 0. The lowest BCUT2D eigenvalue weighted by Gasteiger charge is -2.18. The Labute approximate surface area is 179 Å². The highest BCUT2D eigenvalue weighted by Crippen LogP contribution is 2.40. The SMILES string of the molecule is CCC(C)C1CCc2cc(OCCc3nc(COc4ccccc4)oc3C)ccc21. The van der Waals surface area contributed by atoms with Crippen molar-refractivity contribution in [2.75, 3.05) is 6.61 Å². The number of ether oxygens (including phenoxy) is 2. The van der Waals surface area contributed by atoms with Crippen LogP contribution in [0.1, 0.15) is 61.1 Å². The van der Waals surface area contributed by atoms with Gasteiger partial charge in [0.05, 0.1) is 12.3 Å². The molecule has 0 fully saturated rings. The van der Waals surface area contributed by atoms with E-state index in [2.05, 4.69) is 37.0 Å². The van der Waals surface area contributed by atoms with Crippen LogP contribution in [0.25, 0.3) is 0 Å². The average molecular weight is 406 g/mol. The fourth-order valence-electron chi connectivity index (χ4n) is 4.30. The van der Waals surface area contributed by atoms with E-state index in [1.54, 1.807) is 0 Å². The van der Waals surface area contributed by atoms with Gasteiger partial charge in [-0.25, -0.2) is 4.98 Å². The minimum atomic E-state index is 0.327. The number of hydrogen-bond donors (Lipinski definition) is 0. The largest absolute Gasteiger partial charge is 0.493 e. The summed E-state index contributed by atoms with van der Waals surface area (Å²) in [5, 5.41) is 0. The molecular formula is C26H31NO3. The van der Waals surface area contributed by atoms with Crippen LogP contribution >= 0.6 is 0 Å². The first-order chi connectivity index (χ1) is 14.6. The molecule has 1 heterocycles. The molecule has 4 heteroatoms. The molecule has 0 N–H and O–H groups in total. The number of aromatic nitrogens is 1. The smallest absolute Gasteiger partial charge is 0.232 e. The molecular weight excluding hydrogens is 374 g/mol. The van der Waals surface area contributed by atoms with E-state index in [1.807, 2.05) is 37.3 Å². The van der Waals surface area contributed by atoms with Crippen LogP contribution in [0.3, 0.4) is 0 Å². The van der Waals surface area contributed by atoms with E-state index in [0.29, 0.717) is 31.4 Å². The van der Waals surface area contributed by atoms with Gasteiger partial charge in [-0.15, -0.1) is 0 Å². The topological polar surface area (TPSA) is 44.5 Å². The van der Waals surface area contributed by atoms with E-state index in [4.69, 9.17) is 13.9 Å². The summed E-state index contributed by atoms with van der Waals surface area (Å²) in [4.78, 5) is 4.58. The van der Waals surface area contributed by atoms with Gasteiger partial charge in [0, 0.05) is 6.42 Å². The minimum Gasteiger partial charge on any atom is -0.493 e. The van der Waals surface area contributed by atoms with Gasteiger partial charge in [-0.1, -0.05) is 44.5 Å². The number of oxazole rings is 1. The molecule has 30 heavy (non-hydrogen) atoms. The van der Waals surface area contributed by atoms with Crippen LogP contribution in [-0.2, 0) is 19.4 Å². The Bertz CT molecular complexity index is 964. The van der Waals surface area contributed by atoms with Crippen LogP contribution in [0, 0.1) is 12.8 Å². The fourth-order valence-corrected chi connectivity index (χ4v) is 4.30. The van der Waals surface area contributed by atoms with Crippen LogP contribution in [0.4, 0.5) is 0 Å². The van der Waals surface area contributed by atoms with Gasteiger partial charge in [0.15, 0.2) is 6.61 Å². The number of rotatable bonds is 9. The molecule has 0 radical (unpaired) electrons. The Morgan fingerprint density at radius 3 is 2.73 bits per heavy atom. The second-order valence-corrected chi connectivity index (χ2v) is 8.20. The predicted octanol–water partition coefficient (Wildman–Crippen LogP) is 6.26. The van der Waals surface area contributed by atoms with Crippen LogP contribution in [0.15, 0.2) is 52.9 Å². The van der Waals surface area contributed by atoms with Crippen molar-refractivity contribution >= 4 is 0 Å². The maximum absolute atomic E-state index is 6.04. The number of para-hydroxylation sites is 1. The standard InChI is InChI=1S/C26H31NO3/c1-4-18(2)23-12-10-20-16-22(11-13-24(20)23)28-15-14-25-19(3)30-26(27-25)17-29-21-8-6-5-7-9-21/h5-9,11,13,16,18,23H,4,10,12,14-15,17H2,1-3H3. The van der Waals surface area contributed by atoms with Gasteiger partial charge in [0.25, 0.3) is 0 Å². The highest BCUT2D eigenvalue weighted by Gasteiger charge is 2.26. The van der Waals surface area contributed by atoms with E-state index in [9.17, 15) is 0 Å². The summed E-state index contributed by atoms with van der Waals surface area (Å²) in [6.45, 7) is 7.50. The quantitative estimate of drug-likeness (QED) is 0.421. The van der Waals surface area contributed by atoms with Crippen molar-refractivity contribution < 1.29 is 13.9 Å². The van der Waals surface area contributed by atoms with Crippen molar-refractivity contribution in [3.05, 3.63) is 77.0 Å². The zero-order chi connectivity index (χ0) is 20.9. The number of hydrogen-bond acceptors (Lipinski definition) is 4. The normalized spacial score (nSPS) is 16.3. The Hall–Kier alpha value is -2.75. The van der Waals surface area contributed by atoms with E-state index in [1.165, 1.54) is 24.0 Å². The third kappa shape index (κ3) is 4.69. The third-order valence-corrected chi connectivity index (χ3v) is 6.22. The second-order valence-electron chi connectivity index (χ2n) is 8.20. The monoisotopic (exact) mass is 405 g/mol. The maximum atomic E-state index is 6.04. The minimum absolute atomic E-state index is 0.327. The lowest BCUT2D eigenvalue weighted by Crippen LogP contribution is -2.06. The molecule has 1 aromatic heterocycles. The molecule has 4 nitrogen and oxygen atoms in total. The van der Waals surface area contributed by atoms with Crippen molar-refractivity contribution in [2.45, 2.75) is 59.0 Å². The lowest BCUT2D eigenvalue weighted by atomic mass is 9.87. The van der Waals surface area contributed by atoms with Crippen molar-refractivity contribution in [3.63, 3.8) is 0 Å². The van der Waals surface area contributed by atoms with Gasteiger partial charge in [-0.05, 0) is 67.0 Å². The number of fused-ring (bicyclic) bond motifs is 1. The molecule has 0 aliphatic heterocycles. The van der Waals surface area contributed by atoms with Gasteiger partial charge < -0.3 is 13.9 Å². The van der Waals surface area contributed by atoms with Gasteiger partial charge in [-0.2, -0.15) is 0 Å². The summed E-state index contributed by atoms with van der Waals surface area (Å²) in [5.41, 5.74) is 3.91. The molecule has 158 valence electrons. The van der Waals surface area contributed by atoms with E-state index >= 15 is 0 Å². The lowest BCUT2D eigenvalue weighted by molar-refractivity contribution is 0.260. The van der Waals surface area contributed by atoms with Crippen LogP contribution < -0.4 is 9.47 Å². The molecule has 2 atom stereocenters. The molecule has 1 aliphatic carbocycles. The first-order valence-corrected chi connectivity index (χ1v) is 11.0.